The van der Waals surface area contributed by atoms with Crippen molar-refractivity contribution in [3.05, 3.63) is 0 Å². The Hall–Kier alpha value is -0.610. The third-order valence-corrected chi connectivity index (χ3v) is 5.18. The summed E-state index contributed by atoms with van der Waals surface area (Å²) >= 11 is 0. The summed E-state index contributed by atoms with van der Waals surface area (Å²) in [4.78, 5) is 13.8. The number of nitrogens with zero attached hydrogens (tertiary/aromatic N) is 1. The van der Waals surface area contributed by atoms with Crippen LogP contribution in [0.4, 0.5) is 0 Å². The molecule has 0 aromatic rings. The first-order valence-corrected chi connectivity index (χ1v) is 11.4. The molecule has 0 aromatic heterocycles. The van der Waals surface area contributed by atoms with Crippen molar-refractivity contribution in [3.8, 4) is 0 Å². The van der Waals surface area contributed by atoms with Gasteiger partial charge in [0.1, 0.15) is 0 Å². The van der Waals surface area contributed by atoms with E-state index in [2.05, 4.69) is 6.92 Å². The minimum Gasteiger partial charge on any atom is -0.329 e. The lowest BCUT2D eigenvalue weighted by Crippen LogP contribution is -2.46. The summed E-state index contributed by atoms with van der Waals surface area (Å²) in [6, 6.07) is 0. The highest BCUT2D eigenvalue weighted by Gasteiger charge is 2.15. The van der Waals surface area contributed by atoms with Crippen LogP contribution in [0, 0.1) is 0 Å². The zero-order chi connectivity index (χ0) is 19.5. The topological polar surface area (TPSA) is 72.3 Å². The van der Waals surface area contributed by atoms with Gasteiger partial charge in [-0.3, -0.25) is 4.79 Å². The summed E-state index contributed by atoms with van der Waals surface area (Å²) < 4.78 is 0. The molecule has 0 bridgehead atoms. The van der Waals surface area contributed by atoms with Crippen molar-refractivity contribution in [2.75, 3.05) is 13.1 Å². The largest absolute Gasteiger partial charge is 0.329 e. The van der Waals surface area contributed by atoms with E-state index in [1.54, 1.807) is 4.90 Å². The van der Waals surface area contributed by atoms with Crippen LogP contribution in [0.2, 0.25) is 0 Å². The van der Waals surface area contributed by atoms with Gasteiger partial charge in [0.25, 0.3) is 0 Å². The summed E-state index contributed by atoms with van der Waals surface area (Å²) in [5.41, 5.74) is 11.4. The second kappa shape index (κ2) is 19.2. The molecular formula is C22H47N3O. The van der Waals surface area contributed by atoms with Gasteiger partial charge in [-0.1, -0.05) is 96.8 Å². The highest BCUT2D eigenvalue weighted by Crippen LogP contribution is 2.14. The van der Waals surface area contributed by atoms with Crippen LogP contribution in [0.1, 0.15) is 117 Å². The van der Waals surface area contributed by atoms with Crippen molar-refractivity contribution < 1.29 is 4.79 Å². The molecule has 0 aliphatic heterocycles. The van der Waals surface area contributed by atoms with E-state index in [0.717, 1.165) is 12.8 Å². The van der Waals surface area contributed by atoms with Crippen molar-refractivity contribution in [2.45, 2.75) is 123 Å². The maximum atomic E-state index is 12.1. The molecule has 0 fully saturated rings. The lowest BCUT2D eigenvalue weighted by Gasteiger charge is -2.25. The van der Waals surface area contributed by atoms with E-state index in [0.29, 0.717) is 19.5 Å². The van der Waals surface area contributed by atoms with Crippen LogP contribution < -0.4 is 11.5 Å². The molecule has 0 aliphatic carbocycles. The minimum atomic E-state index is -0.234. The number of nitrogens with two attached hydrogens (primary N) is 2. The van der Waals surface area contributed by atoms with Crippen LogP contribution in [0.5, 0.6) is 0 Å². The first-order valence-electron chi connectivity index (χ1n) is 11.4. The second-order valence-electron chi connectivity index (χ2n) is 7.82. The molecule has 0 aliphatic rings. The molecule has 0 spiro atoms. The lowest BCUT2D eigenvalue weighted by molar-refractivity contribution is -0.133. The quantitative estimate of drug-likeness (QED) is 0.238. The van der Waals surface area contributed by atoms with Crippen LogP contribution in [0.3, 0.4) is 0 Å². The molecule has 4 N–H and O–H groups in total. The third-order valence-electron chi connectivity index (χ3n) is 5.18. The molecule has 26 heavy (non-hydrogen) atoms. The van der Waals surface area contributed by atoms with Gasteiger partial charge in [0.2, 0.25) is 5.91 Å². The highest BCUT2D eigenvalue weighted by molar-refractivity contribution is 5.76. The zero-order valence-electron chi connectivity index (χ0n) is 17.8. The molecule has 0 saturated carbocycles. The molecule has 0 saturated heterocycles. The van der Waals surface area contributed by atoms with E-state index in [9.17, 15) is 4.79 Å². The highest BCUT2D eigenvalue weighted by atomic mass is 16.2. The van der Waals surface area contributed by atoms with Crippen molar-refractivity contribution in [1.29, 1.82) is 0 Å². The second-order valence-corrected chi connectivity index (χ2v) is 7.82. The SMILES string of the molecule is CCCCCCCCCCCCCCCCCC(=O)N(CCN)C(C)N. The Morgan fingerprint density at radius 1 is 0.769 bits per heavy atom. The maximum absolute atomic E-state index is 12.1. The molecule has 4 heteroatoms. The average Bonchev–Trinajstić information content (AvgIpc) is 2.62. The summed E-state index contributed by atoms with van der Waals surface area (Å²) in [5, 5.41) is 0. The van der Waals surface area contributed by atoms with Crippen LogP contribution in [-0.4, -0.2) is 30.1 Å². The molecular weight excluding hydrogens is 322 g/mol. The minimum absolute atomic E-state index is 0.153. The molecule has 156 valence electrons. The average molecular weight is 370 g/mol. The van der Waals surface area contributed by atoms with Gasteiger partial charge >= 0.3 is 0 Å². The molecule has 0 aromatic carbocycles. The number of carbonyl (C=O) groups is 1. The van der Waals surface area contributed by atoms with Crippen LogP contribution >= 0.6 is 0 Å². The van der Waals surface area contributed by atoms with Gasteiger partial charge in [0, 0.05) is 19.5 Å². The number of amides is 1. The van der Waals surface area contributed by atoms with Gasteiger partial charge < -0.3 is 16.4 Å². The van der Waals surface area contributed by atoms with Gasteiger partial charge in [-0.15, -0.1) is 0 Å². The first kappa shape index (κ1) is 25.4. The molecule has 1 unspecified atom stereocenters. The molecule has 0 heterocycles. The van der Waals surface area contributed by atoms with E-state index in [1.165, 1.54) is 83.5 Å². The molecule has 0 rings (SSSR count). The third kappa shape index (κ3) is 15.6. The molecule has 4 nitrogen and oxygen atoms in total. The summed E-state index contributed by atoms with van der Waals surface area (Å²) in [6.07, 6.45) is 20.5. The van der Waals surface area contributed by atoms with Crippen molar-refractivity contribution >= 4 is 5.91 Å². The summed E-state index contributed by atoms with van der Waals surface area (Å²) in [6.45, 7) is 5.17. The van der Waals surface area contributed by atoms with Crippen molar-refractivity contribution in [2.24, 2.45) is 11.5 Å². The standard InChI is InChI=1S/C22H47N3O/c1-3-4-5-6-7-8-9-10-11-12-13-14-15-16-17-18-22(26)25(20-19-23)21(2)24/h21H,3-20,23-24H2,1-2H3. The Morgan fingerprint density at radius 2 is 1.15 bits per heavy atom. The molecule has 1 atom stereocenters. The number of carbonyl (C=O) groups excluding carboxylic acids is 1. The Labute approximate surface area is 163 Å². The van der Waals surface area contributed by atoms with Gasteiger partial charge in [0.15, 0.2) is 0 Å². The normalized spacial score (nSPS) is 12.3. The number of rotatable bonds is 19. The van der Waals surface area contributed by atoms with Gasteiger partial charge in [-0.05, 0) is 13.3 Å². The number of unbranched alkanes of at least 4 members (excludes halogenated alkanes) is 14. The Kier molecular flexibility index (Phi) is 18.7. The fraction of sp³-hybridized carbons (Fsp3) is 0.955. The summed E-state index contributed by atoms with van der Waals surface area (Å²) in [5.74, 6) is 0.153. The monoisotopic (exact) mass is 369 g/mol. The fourth-order valence-electron chi connectivity index (χ4n) is 3.49. The number of hydrogen-bond donors (Lipinski definition) is 2. The maximum Gasteiger partial charge on any atom is 0.223 e. The predicted octanol–water partition coefficient (Wildman–Crippen LogP) is 5.34. The molecule has 0 radical (unpaired) electrons. The molecule has 1 amide bonds. The van der Waals surface area contributed by atoms with Gasteiger partial charge in [-0.25, -0.2) is 0 Å². The van der Waals surface area contributed by atoms with E-state index < -0.39 is 0 Å². The van der Waals surface area contributed by atoms with Gasteiger partial charge in [-0.2, -0.15) is 0 Å². The van der Waals surface area contributed by atoms with Gasteiger partial charge in [0.05, 0.1) is 6.17 Å². The summed E-state index contributed by atoms with van der Waals surface area (Å²) in [7, 11) is 0. The number of hydrogen-bond acceptors (Lipinski definition) is 3. The van der Waals surface area contributed by atoms with E-state index in [-0.39, 0.29) is 12.1 Å². The Balaban J connectivity index is 3.32. The van der Waals surface area contributed by atoms with Crippen molar-refractivity contribution in [1.82, 2.24) is 4.90 Å². The Bertz CT molecular complexity index is 308. The van der Waals surface area contributed by atoms with E-state index >= 15 is 0 Å². The Morgan fingerprint density at radius 3 is 1.50 bits per heavy atom. The first-order chi connectivity index (χ1) is 12.6. The predicted molar refractivity (Wildman–Crippen MR) is 114 cm³/mol. The van der Waals surface area contributed by atoms with Crippen LogP contribution in [0.15, 0.2) is 0 Å². The fourth-order valence-corrected chi connectivity index (χ4v) is 3.49. The van der Waals surface area contributed by atoms with E-state index in [1.807, 2.05) is 6.92 Å². The zero-order valence-corrected chi connectivity index (χ0v) is 17.8. The smallest absolute Gasteiger partial charge is 0.223 e. The van der Waals surface area contributed by atoms with Crippen molar-refractivity contribution in [3.63, 3.8) is 0 Å². The van der Waals surface area contributed by atoms with E-state index in [4.69, 9.17) is 11.5 Å². The van der Waals surface area contributed by atoms with Crippen LogP contribution in [-0.2, 0) is 4.79 Å². The van der Waals surface area contributed by atoms with Crippen LogP contribution in [0.25, 0.3) is 0 Å². The lowest BCUT2D eigenvalue weighted by atomic mass is 10.0.